The van der Waals surface area contributed by atoms with Crippen LogP contribution in [0.5, 0.6) is 0 Å². The van der Waals surface area contributed by atoms with E-state index in [9.17, 15) is 9.59 Å². The molecule has 0 aliphatic carbocycles. The van der Waals surface area contributed by atoms with Gasteiger partial charge in [0.25, 0.3) is 5.89 Å². The van der Waals surface area contributed by atoms with Gasteiger partial charge in [0.2, 0.25) is 11.8 Å². The Balaban J connectivity index is 1.46. The molecule has 0 spiro atoms. The normalized spacial score (nSPS) is 16.6. The highest BCUT2D eigenvalue weighted by atomic mass is 16.5. The summed E-state index contributed by atoms with van der Waals surface area (Å²) in [5, 5.41) is 6.66. The fourth-order valence-corrected chi connectivity index (χ4v) is 3.13. The van der Waals surface area contributed by atoms with Crippen LogP contribution in [0.3, 0.4) is 0 Å². The zero-order chi connectivity index (χ0) is 18.8. The van der Waals surface area contributed by atoms with Crippen molar-refractivity contribution in [2.45, 2.75) is 13.3 Å². The van der Waals surface area contributed by atoms with Crippen molar-refractivity contribution in [2.75, 3.05) is 16.8 Å². The summed E-state index contributed by atoms with van der Waals surface area (Å²) >= 11 is 0. The summed E-state index contributed by atoms with van der Waals surface area (Å²) in [5.74, 6) is 0.323. The number of aromatic nitrogens is 2. The number of hydrogen-bond acceptors (Lipinski definition) is 5. The summed E-state index contributed by atoms with van der Waals surface area (Å²) < 4.78 is 5.16. The van der Waals surface area contributed by atoms with Crippen molar-refractivity contribution in [1.82, 2.24) is 10.1 Å². The van der Waals surface area contributed by atoms with E-state index in [4.69, 9.17) is 4.52 Å². The van der Waals surface area contributed by atoms with Crippen LogP contribution in [0, 0.1) is 12.8 Å². The van der Waals surface area contributed by atoms with Gasteiger partial charge in [-0.05, 0) is 37.3 Å². The number of anilines is 2. The highest BCUT2D eigenvalue weighted by molar-refractivity contribution is 6.03. The Morgan fingerprint density at radius 1 is 1.19 bits per heavy atom. The first-order valence-corrected chi connectivity index (χ1v) is 8.67. The van der Waals surface area contributed by atoms with E-state index in [1.165, 1.54) is 0 Å². The molecule has 2 heterocycles. The van der Waals surface area contributed by atoms with E-state index in [0.29, 0.717) is 23.9 Å². The number of rotatable bonds is 4. The molecular formula is C20H18N4O3. The van der Waals surface area contributed by atoms with Crippen LogP contribution in [-0.2, 0) is 9.59 Å². The molecule has 136 valence electrons. The Morgan fingerprint density at radius 3 is 2.74 bits per heavy atom. The van der Waals surface area contributed by atoms with E-state index in [1.807, 2.05) is 36.4 Å². The van der Waals surface area contributed by atoms with Gasteiger partial charge >= 0.3 is 0 Å². The Morgan fingerprint density at radius 2 is 2.00 bits per heavy atom. The average Bonchev–Trinajstić information content (AvgIpc) is 3.29. The molecule has 1 saturated heterocycles. The highest BCUT2D eigenvalue weighted by Gasteiger charge is 2.35. The minimum Gasteiger partial charge on any atom is -0.334 e. The summed E-state index contributed by atoms with van der Waals surface area (Å²) in [5.41, 5.74) is 2.16. The summed E-state index contributed by atoms with van der Waals surface area (Å²) in [6, 6.07) is 16.6. The number of benzene rings is 2. The number of para-hydroxylation sites is 1. The summed E-state index contributed by atoms with van der Waals surface area (Å²) in [6.07, 6.45) is 0.198. The SMILES string of the molecule is Cc1noc(-c2cccc(NC(=O)C3CC(=O)N(c4ccccc4)C3)c2)n1. The quantitative estimate of drug-likeness (QED) is 0.771. The molecule has 4 rings (SSSR count). The summed E-state index contributed by atoms with van der Waals surface area (Å²) in [6.45, 7) is 2.12. The molecule has 0 saturated carbocycles. The van der Waals surface area contributed by atoms with Gasteiger partial charge in [0, 0.05) is 29.9 Å². The molecule has 2 aromatic carbocycles. The molecule has 1 aromatic heterocycles. The van der Waals surface area contributed by atoms with Gasteiger partial charge in [0.15, 0.2) is 5.82 Å². The lowest BCUT2D eigenvalue weighted by atomic mass is 10.1. The van der Waals surface area contributed by atoms with Gasteiger partial charge in [0.05, 0.1) is 5.92 Å². The minimum atomic E-state index is -0.396. The predicted molar refractivity (Wildman–Crippen MR) is 100 cm³/mol. The molecule has 1 atom stereocenters. The molecule has 1 fully saturated rings. The van der Waals surface area contributed by atoms with E-state index in [0.717, 1.165) is 11.3 Å². The van der Waals surface area contributed by atoms with Gasteiger partial charge in [-0.3, -0.25) is 9.59 Å². The minimum absolute atomic E-state index is 0.0450. The Labute approximate surface area is 156 Å². The van der Waals surface area contributed by atoms with E-state index >= 15 is 0 Å². The van der Waals surface area contributed by atoms with Crippen molar-refractivity contribution in [2.24, 2.45) is 5.92 Å². The highest BCUT2D eigenvalue weighted by Crippen LogP contribution is 2.26. The molecule has 0 bridgehead atoms. The first kappa shape index (κ1) is 17.0. The van der Waals surface area contributed by atoms with Crippen molar-refractivity contribution in [3.8, 4) is 11.5 Å². The maximum atomic E-state index is 12.6. The van der Waals surface area contributed by atoms with Crippen LogP contribution in [0.25, 0.3) is 11.5 Å². The van der Waals surface area contributed by atoms with Crippen molar-refractivity contribution >= 4 is 23.2 Å². The van der Waals surface area contributed by atoms with Crippen molar-refractivity contribution in [3.63, 3.8) is 0 Å². The first-order chi connectivity index (χ1) is 13.1. The lowest BCUT2D eigenvalue weighted by molar-refractivity contribution is -0.122. The fourth-order valence-electron chi connectivity index (χ4n) is 3.13. The number of carbonyl (C=O) groups is 2. The molecular weight excluding hydrogens is 344 g/mol. The lowest BCUT2D eigenvalue weighted by Crippen LogP contribution is -2.28. The van der Waals surface area contributed by atoms with Crippen LogP contribution >= 0.6 is 0 Å². The third-order valence-corrected chi connectivity index (χ3v) is 4.47. The van der Waals surface area contributed by atoms with Crippen molar-refractivity contribution in [3.05, 3.63) is 60.4 Å². The van der Waals surface area contributed by atoms with Crippen LogP contribution < -0.4 is 10.2 Å². The van der Waals surface area contributed by atoms with E-state index in [1.54, 1.807) is 30.0 Å². The topological polar surface area (TPSA) is 88.3 Å². The fraction of sp³-hybridized carbons (Fsp3) is 0.200. The van der Waals surface area contributed by atoms with Gasteiger partial charge < -0.3 is 14.7 Å². The number of amides is 2. The van der Waals surface area contributed by atoms with Crippen LogP contribution in [0.15, 0.2) is 59.1 Å². The maximum Gasteiger partial charge on any atom is 0.257 e. The number of nitrogens with zero attached hydrogens (tertiary/aromatic N) is 3. The maximum absolute atomic E-state index is 12.6. The molecule has 3 aromatic rings. The molecule has 7 nitrogen and oxygen atoms in total. The monoisotopic (exact) mass is 362 g/mol. The molecule has 1 N–H and O–H groups in total. The number of nitrogens with one attached hydrogen (secondary N) is 1. The van der Waals surface area contributed by atoms with E-state index < -0.39 is 5.92 Å². The predicted octanol–water partition coefficient (Wildman–Crippen LogP) is 3.04. The second-order valence-corrected chi connectivity index (χ2v) is 6.46. The van der Waals surface area contributed by atoms with Crippen LogP contribution in [0.2, 0.25) is 0 Å². The second-order valence-electron chi connectivity index (χ2n) is 6.46. The van der Waals surface area contributed by atoms with Crippen LogP contribution in [0.4, 0.5) is 11.4 Å². The van der Waals surface area contributed by atoms with Gasteiger partial charge in [-0.25, -0.2) is 0 Å². The van der Waals surface area contributed by atoms with E-state index in [2.05, 4.69) is 15.5 Å². The summed E-state index contributed by atoms with van der Waals surface area (Å²) in [7, 11) is 0. The lowest BCUT2D eigenvalue weighted by Gasteiger charge is -2.16. The van der Waals surface area contributed by atoms with Gasteiger partial charge in [0.1, 0.15) is 0 Å². The van der Waals surface area contributed by atoms with E-state index in [-0.39, 0.29) is 18.2 Å². The molecule has 27 heavy (non-hydrogen) atoms. The number of aryl methyl sites for hydroxylation is 1. The third kappa shape index (κ3) is 3.57. The Kier molecular flexibility index (Phi) is 4.42. The van der Waals surface area contributed by atoms with Gasteiger partial charge in [-0.15, -0.1) is 0 Å². The molecule has 2 amide bonds. The smallest absolute Gasteiger partial charge is 0.257 e. The van der Waals surface area contributed by atoms with Gasteiger partial charge in [-0.2, -0.15) is 4.98 Å². The standard InChI is InChI=1S/C20H18N4O3/c1-13-21-20(27-23-13)14-6-5-7-16(10-14)22-19(26)15-11-18(25)24(12-15)17-8-3-2-4-9-17/h2-10,15H,11-12H2,1H3,(H,22,26). The molecule has 7 heteroatoms. The largest absolute Gasteiger partial charge is 0.334 e. The van der Waals surface area contributed by atoms with Crippen LogP contribution in [-0.4, -0.2) is 28.5 Å². The zero-order valence-corrected chi connectivity index (χ0v) is 14.8. The Hall–Kier alpha value is -3.48. The second kappa shape index (κ2) is 7.03. The molecule has 1 aliphatic heterocycles. The Bertz CT molecular complexity index is 984. The number of carbonyl (C=O) groups excluding carboxylic acids is 2. The van der Waals surface area contributed by atoms with Crippen molar-refractivity contribution < 1.29 is 14.1 Å². The molecule has 1 aliphatic rings. The zero-order valence-electron chi connectivity index (χ0n) is 14.8. The molecule has 1 unspecified atom stereocenters. The summed E-state index contributed by atoms with van der Waals surface area (Å²) in [4.78, 5) is 30.8. The molecule has 0 radical (unpaired) electrons. The first-order valence-electron chi connectivity index (χ1n) is 8.67. The van der Waals surface area contributed by atoms with Crippen molar-refractivity contribution in [1.29, 1.82) is 0 Å². The average molecular weight is 362 g/mol. The van der Waals surface area contributed by atoms with Gasteiger partial charge in [-0.1, -0.05) is 29.4 Å². The third-order valence-electron chi connectivity index (χ3n) is 4.47. The van der Waals surface area contributed by atoms with Crippen LogP contribution in [0.1, 0.15) is 12.2 Å². The number of hydrogen-bond donors (Lipinski definition) is 1.